The van der Waals surface area contributed by atoms with Gasteiger partial charge in [-0.25, -0.2) is 0 Å². The zero-order chi connectivity index (χ0) is 14.4. The second-order valence-corrected chi connectivity index (χ2v) is 4.72. The number of benzene rings is 1. The highest BCUT2D eigenvalue weighted by Gasteiger charge is 2.17. The second kappa shape index (κ2) is 6.89. The lowest BCUT2D eigenvalue weighted by Gasteiger charge is -2.17. The number of ether oxygens (including phenoxy) is 3. The molecule has 0 bridgehead atoms. The summed E-state index contributed by atoms with van der Waals surface area (Å²) in [5.74, 6) is 2.10. The maximum Gasteiger partial charge on any atom is 0.203 e. The lowest BCUT2D eigenvalue weighted by molar-refractivity contribution is 0.323. The monoisotopic (exact) mass is 263 g/mol. The van der Waals surface area contributed by atoms with Crippen molar-refractivity contribution in [2.75, 3.05) is 21.3 Å². The maximum atomic E-state index is 9.17. The molecule has 0 radical (unpaired) electrons. The Balaban J connectivity index is 3.13. The Morgan fingerprint density at radius 1 is 1.05 bits per heavy atom. The summed E-state index contributed by atoms with van der Waals surface area (Å²) in [6, 6.07) is 6.13. The van der Waals surface area contributed by atoms with Gasteiger partial charge in [-0.1, -0.05) is 13.8 Å². The summed E-state index contributed by atoms with van der Waals surface area (Å²) in [6.45, 7) is 4.09. The third kappa shape index (κ3) is 3.54. The van der Waals surface area contributed by atoms with E-state index in [4.69, 9.17) is 14.2 Å². The van der Waals surface area contributed by atoms with Crippen molar-refractivity contribution < 1.29 is 14.2 Å². The van der Waals surface area contributed by atoms with Crippen LogP contribution in [0.4, 0.5) is 0 Å². The third-order valence-corrected chi connectivity index (χ3v) is 3.15. The molecule has 0 heterocycles. The molecule has 1 unspecified atom stereocenters. The highest BCUT2D eigenvalue weighted by molar-refractivity contribution is 5.54. The predicted octanol–water partition coefficient (Wildman–Crippen LogP) is 3.05. The minimum atomic E-state index is -0.0252. The quantitative estimate of drug-likeness (QED) is 0.791. The fraction of sp³-hybridized carbons (Fsp3) is 0.533. The molecule has 0 amide bonds. The van der Waals surface area contributed by atoms with Gasteiger partial charge in [0.1, 0.15) is 0 Å². The van der Waals surface area contributed by atoms with E-state index in [1.807, 2.05) is 26.0 Å². The van der Waals surface area contributed by atoms with Crippen LogP contribution in [0.5, 0.6) is 17.2 Å². The largest absolute Gasteiger partial charge is 0.493 e. The van der Waals surface area contributed by atoms with Gasteiger partial charge in [0.2, 0.25) is 5.75 Å². The average Bonchev–Trinajstić information content (AvgIpc) is 2.42. The Morgan fingerprint density at radius 2 is 1.58 bits per heavy atom. The number of nitrogens with zero attached hydrogens (tertiary/aromatic N) is 1. The molecule has 1 aromatic carbocycles. The zero-order valence-electron chi connectivity index (χ0n) is 12.2. The van der Waals surface area contributed by atoms with Crippen molar-refractivity contribution in [1.29, 1.82) is 5.26 Å². The van der Waals surface area contributed by atoms with Crippen LogP contribution in [-0.4, -0.2) is 21.3 Å². The number of hydrogen-bond donors (Lipinski definition) is 0. The van der Waals surface area contributed by atoms with E-state index in [0.717, 1.165) is 5.56 Å². The first kappa shape index (κ1) is 15.2. The first-order valence-electron chi connectivity index (χ1n) is 6.25. The maximum absolute atomic E-state index is 9.17. The summed E-state index contributed by atoms with van der Waals surface area (Å²) < 4.78 is 15.9. The summed E-state index contributed by atoms with van der Waals surface area (Å²) in [7, 11) is 4.75. The van der Waals surface area contributed by atoms with Crippen molar-refractivity contribution in [3.05, 3.63) is 17.7 Å². The van der Waals surface area contributed by atoms with Crippen LogP contribution in [0.15, 0.2) is 12.1 Å². The molecule has 0 N–H and O–H groups in total. The van der Waals surface area contributed by atoms with Crippen LogP contribution < -0.4 is 14.2 Å². The normalized spacial score (nSPS) is 11.8. The van der Waals surface area contributed by atoms with Gasteiger partial charge in [0, 0.05) is 0 Å². The van der Waals surface area contributed by atoms with Crippen LogP contribution >= 0.6 is 0 Å². The third-order valence-electron chi connectivity index (χ3n) is 3.15. The lowest BCUT2D eigenvalue weighted by Crippen LogP contribution is -2.10. The highest BCUT2D eigenvalue weighted by Crippen LogP contribution is 2.38. The molecule has 104 valence electrons. The van der Waals surface area contributed by atoms with Crippen molar-refractivity contribution in [1.82, 2.24) is 0 Å². The summed E-state index contributed by atoms with van der Waals surface area (Å²) in [5, 5.41) is 9.17. The van der Waals surface area contributed by atoms with E-state index >= 15 is 0 Å². The second-order valence-electron chi connectivity index (χ2n) is 4.72. The van der Waals surface area contributed by atoms with E-state index in [0.29, 0.717) is 29.6 Å². The van der Waals surface area contributed by atoms with E-state index in [1.54, 1.807) is 21.3 Å². The molecule has 0 aromatic heterocycles. The smallest absolute Gasteiger partial charge is 0.203 e. The standard InChI is InChI=1S/C15H21NO3/c1-10(2)12(9-16)6-11-7-13(17-3)15(19-5)14(8-11)18-4/h7-8,10,12H,6H2,1-5H3. The van der Waals surface area contributed by atoms with Crippen molar-refractivity contribution in [2.24, 2.45) is 11.8 Å². The molecule has 0 fully saturated rings. The van der Waals surface area contributed by atoms with Crippen molar-refractivity contribution >= 4 is 0 Å². The van der Waals surface area contributed by atoms with E-state index in [2.05, 4.69) is 6.07 Å². The molecule has 0 spiro atoms. The fourth-order valence-electron chi connectivity index (χ4n) is 1.94. The van der Waals surface area contributed by atoms with Crippen LogP contribution in [0.2, 0.25) is 0 Å². The first-order valence-corrected chi connectivity index (χ1v) is 6.25. The van der Waals surface area contributed by atoms with E-state index in [-0.39, 0.29) is 5.92 Å². The summed E-state index contributed by atoms with van der Waals surface area (Å²) >= 11 is 0. The van der Waals surface area contributed by atoms with Gasteiger partial charge >= 0.3 is 0 Å². The van der Waals surface area contributed by atoms with E-state index < -0.39 is 0 Å². The zero-order valence-corrected chi connectivity index (χ0v) is 12.2. The molecule has 4 nitrogen and oxygen atoms in total. The SMILES string of the molecule is COc1cc(CC(C#N)C(C)C)cc(OC)c1OC. The Hall–Kier alpha value is -1.89. The number of methoxy groups -OCH3 is 3. The van der Waals surface area contributed by atoms with Crippen molar-refractivity contribution in [2.45, 2.75) is 20.3 Å². The number of hydrogen-bond acceptors (Lipinski definition) is 4. The van der Waals surface area contributed by atoms with Gasteiger partial charge in [-0.2, -0.15) is 5.26 Å². The van der Waals surface area contributed by atoms with Crippen LogP contribution in [-0.2, 0) is 6.42 Å². The Labute approximate surface area is 114 Å². The molecule has 0 aliphatic carbocycles. The molecule has 1 rings (SSSR count). The Bertz CT molecular complexity index is 438. The highest BCUT2D eigenvalue weighted by atomic mass is 16.5. The molecule has 0 aliphatic heterocycles. The molecule has 1 aromatic rings. The van der Waals surface area contributed by atoms with Crippen LogP contribution in [0.25, 0.3) is 0 Å². The summed E-state index contributed by atoms with van der Waals surface area (Å²) in [4.78, 5) is 0. The summed E-state index contributed by atoms with van der Waals surface area (Å²) in [6.07, 6.45) is 0.672. The van der Waals surface area contributed by atoms with Gasteiger partial charge in [-0.3, -0.25) is 0 Å². The van der Waals surface area contributed by atoms with Crippen molar-refractivity contribution in [3.8, 4) is 23.3 Å². The van der Waals surface area contributed by atoms with Gasteiger partial charge in [-0.05, 0) is 30.0 Å². The van der Waals surface area contributed by atoms with E-state index in [1.165, 1.54) is 0 Å². The molecule has 19 heavy (non-hydrogen) atoms. The van der Waals surface area contributed by atoms with Crippen LogP contribution in [0.1, 0.15) is 19.4 Å². The number of nitriles is 1. The van der Waals surface area contributed by atoms with Gasteiger partial charge in [0.05, 0.1) is 33.3 Å². The first-order chi connectivity index (χ1) is 9.07. The predicted molar refractivity (Wildman–Crippen MR) is 73.7 cm³/mol. The average molecular weight is 263 g/mol. The summed E-state index contributed by atoms with van der Waals surface area (Å²) in [5.41, 5.74) is 1.01. The molecule has 0 aliphatic rings. The lowest BCUT2D eigenvalue weighted by atomic mass is 9.90. The molecule has 0 saturated heterocycles. The Kier molecular flexibility index (Phi) is 5.50. The van der Waals surface area contributed by atoms with Crippen LogP contribution in [0.3, 0.4) is 0 Å². The number of rotatable bonds is 6. The van der Waals surface area contributed by atoms with Gasteiger partial charge in [0.15, 0.2) is 11.5 Å². The minimum Gasteiger partial charge on any atom is -0.493 e. The van der Waals surface area contributed by atoms with Gasteiger partial charge in [0.25, 0.3) is 0 Å². The van der Waals surface area contributed by atoms with Crippen molar-refractivity contribution in [3.63, 3.8) is 0 Å². The molecule has 1 atom stereocenters. The topological polar surface area (TPSA) is 51.5 Å². The molecule has 4 heteroatoms. The molecular formula is C15H21NO3. The molecule has 0 saturated carbocycles. The van der Waals surface area contributed by atoms with Gasteiger partial charge in [-0.15, -0.1) is 0 Å². The fourth-order valence-corrected chi connectivity index (χ4v) is 1.94. The Morgan fingerprint density at radius 3 is 1.89 bits per heavy atom. The van der Waals surface area contributed by atoms with Crippen LogP contribution in [0, 0.1) is 23.2 Å². The van der Waals surface area contributed by atoms with Gasteiger partial charge < -0.3 is 14.2 Å². The molecular weight excluding hydrogens is 242 g/mol. The van der Waals surface area contributed by atoms with E-state index in [9.17, 15) is 5.26 Å². The minimum absolute atomic E-state index is 0.0252.